The number of hydroxylamine groups is 2. The summed E-state index contributed by atoms with van der Waals surface area (Å²) in [6.45, 7) is 2.31. The quantitative estimate of drug-likeness (QED) is 0.240. The number of rotatable bonds is 15. The monoisotopic (exact) mass is 431 g/mol. The lowest BCUT2D eigenvalue weighted by molar-refractivity contribution is -0.228. The van der Waals surface area contributed by atoms with Crippen LogP contribution >= 0.6 is 0 Å². The van der Waals surface area contributed by atoms with Crippen molar-refractivity contribution in [3.63, 3.8) is 0 Å². The van der Waals surface area contributed by atoms with Crippen molar-refractivity contribution >= 4 is 0 Å². The third kappa shape index (κ3) is 5.89. The minimum Gasteiger partial charge on any atom is -0.295 e. The minimum absolute atomic E-state index is 0.425. The van der Waals surface area contributed by atoms with Crippen molar-refractivity contribution in [2.45, 2.75) is 153 Å². The molecule has 4 aliphatic carbocycles. The van der Waals surface area contributed by atoms with Gasteiger partial charge in [0, 0.05) is 7.05 Å². The zero-order valence-corrected chi connectivity index (χ0v) is 21.1. The maximum atomic E-state index is 6.49. The van der Waals surface area contributed by atoms with Gasteiger partial charge in [0.15, 0.2) is 0 Å². The summed E-state index contributed by atoms with van der Waals surface area (Å²) in [5, 5.41) is 2.40. The second-order valence-corrected chi connectivity index (χ2v) is 12.1. The highest BCUT2D eigenvalue weighted by Gasteiger charge is 2.62. The maximum absolute atomic E-state index is 6.49. The van der Waals surface area contributed by atoms with Gasteiger partial charge in [-0.25, -0.2) is 0 Å². The van der Waals surface area contributed by atoms with Gasteiger partial charge in [0.25, 0.3) is 0 Å². The first-order valence-corrected chi connectivity index (χ1v) is 14.6. The van der Waals surface area contributed by atoms with Gasteiger partial charge in [-0.3, -0.25) is 4.84 Å². The first kappa shape index (κ1) is 24.1. The Labute approximate surface area is 194 Å². The molecule has 5 aliphatic rings. The summed E-state index contributed by atoms with van der Waals surface area (Å²) >= 11 is 0. The van der Waals surface area contributed by atoms with E-state index in [2.05, 4.69) is 19.0 Å². The molecule has 1 atom stereocenters. The van der Waals surface area contributed by atoms with Crippen LogP contribution in [0.5, 0.6) is 0 Å². The summed E-state index contributed by atoms with van der Waals surface area (Å²) in [4.78, 5) is 6.49. The van der Waals surface area contributed by atoms with Gasteiger partial charge < -0.3 is 0 Å². The predicted molar refractivity (Wildman–Crippen MR) is 132 cm³/mol. The number of unbranched alkanes of at least 4 members (excludes halogenated alkanes) is 13. The van der Waals surface area contributed by atoms with Crippen LogP contribution < -0.4 is 0 Å². The van der Waals surface area contributed by atoms with Crippen molar-refractivity contribution in [2.24, 2.45) is 23.7 Å². The van der Waals surface area contributed by atoms with Crippen LogP contribution in [0.15, 0.2) is 0 Å². The summed E-state index contributed by atoms with van der Waals surface area (Å²) in [6.07, 6.45) is 31.0. The molecule has 1 aliphatic heterocycles. The summed E-state index contributed by atoms with van der Waals surface area (Å²) in [6, 6.07) is 0. The number of hydrogen-bond donors (Lipinski definition) is 0. The number of nitrogens with zero attached hydrogens (tertiary/aromatic N) is 1. The largest absolute Gasteiger partial charge is 0.295 e. The van der Waals surface area contributed by atoms with Crippen molar-refractivity contribution in [2.75, 3.05) is 7.05 Å². The molecule has 0 N–H and O–H groups in total. The van der Waals surface area contributed by atoms with Gasteiger partial charge in [-0.1, -0.05) is 96.8 Å². The Bertz CT molecular complexity index is 489. The highest BCUT2D eigenvalue weighted by molar-refractivity contribution is 5.12. The fourth-order valence-corrected chi connectivity index (χ4v) is 8.42. The van der Waals surface area contributed by atoms with E-state index in [0.29, 0.717) is 11.6 Å². The van der Waals surface area contributed by atoms with E-state index in [1.54, 1.807) is 6.42 Å². The maximum Gasteiger partial charge on any atom is 0.0812 e. The van der Waals surface area contributed by atoms with E-state index in [1.165, 1.54) is 128 Å². The van der Waals surface area contributed by atoms with Gasteiger partial charge in [0.05, 0.1) is 11.6 Å². The molecule has 1 heterocycles. The van der Waals surface area contributed by atoms with Crippen LogP contribution in [0.1, 0.15) is 142 Å². The lowest BCUT2D eigenvalue weighted by atomic mass is 9.47. The Morgan fingerprint density at radius 1 is 0.645 bits per heavy atom. The minimum atomic E-state index is 0.425. The summed E-state index contributed by atoms with van der Waals surface area (Å²) in [5.41, 5.74) is 0.425. The fraction of sp³-hybridized carbons (Fsp3) is 1.00. The second kappa shape index (κ2) is 11.9. The fourth-order valence-electron chi connectivity index (χ4n) is 8.42. The molecular formula is C29H53NO. The molecular weight excluding hydrogens is 378 g/mol. The molecule has 4 saturated carbocycles. The summed E-state index contributed by atoms with van der Waals surface area (Å²) in [5.74, 6) is 4.00. The average Bonchev–Trinajstić information content (AvgIpc) is 3.08. The average molecular weight is 432 g/mol. The molecule has 0 amide bonds. The molecule has 5 rings (SSSR count). The van der Waals surface area contributed by atoms with Gasteiger partial charge >= 0.3 is 0 Å². The molecule has 0 aromatic heterocycles. The Hall–Kier alpha value is -0.0800. The van der Waals surface area contributed by atoms with Crippen LogP contribution in [-0.4, -0.2) is 23.8 Å². The van der Waals surface area contributed by atoms with Gasteiger partial charge in [0.2, 0.25) is 0 Å². The van der Waals surface area contributed by atoms with Crippen molar-refractivity contribution in [1.82, 2.24) is 5.06 Å². The lowest BCUT2D eigenvalue weighted by Gasteiger charge is -2.61. The van der Waals surface area contributed by atoms with Crippen LogP contribution in [0, 0.1) is 23.7 Å². The molecule has 2 heteroatoms. The highest BCUT2D eigenvalue weighted by Crippen LogP contribution is 2.63. The van der Waals surface area contributed by atoms with Crippen molar-refractivity contribution in [1.29, 1.82) is 0 Å². The summed E-state index contributed by atoms with van der Waals surface area (Å²) < 4.78 is 0. The van der Waals surface area contributed by atoms with Crippen LogP contribution in [0.4, 0.5) is 0 Å². The van der Waals surface area contributed by atoms with Crippen LogP contribution in [-0.2, 0) is 4.84 Å². The molecule has 2 nitrogen and oxygen atoms in total. The van der Waals surface area contributed by atoms with E-state index in [0.717, 1.165) is 23.7 Å². The Balaban J connectivity index is 1.01. The van der Waals surface area contributed by atoms with E-state index < -0.39 is 0 Å². The normalized spacial score (nSPS) is 36.8. The molecule has 1 spiro atoms. The van der Waals surface area contributed by atoms with E-state index >= 15 is 0 Å². The van der Waals surface area contributed by atoms with Crippen molar-refractivity contribution in [3.8, 4) is 0 Å². The molecule has 0 aromatic carbocycles. The SMILES string of the molecule is CCCCCCCCCCCCCCCCC1CC2(C3CC4CC(C3)CC2C4)N(C)O1. The molecule has 1 unspecified atom stereocenters. The van der Waals surface area contributed by atoms with E-state index in [9.17, 15) is 0 Å². The smallest absolute Gasteiger partial charge is 0.0812 e. The van der Waals surface area contributed by atoms with Gasteiger partial charge in [-0.2, -0.15) is 5.06 Å². The van der Waals surface area contributed by atoms with Crippen LogP contribution in [0.25, 0.3) is 0 Å². The van der Waals surface area contributed by atoms with E-state index in [1.807, 2.05) is 0 Å². The molecule has 31 heavy (non-hydrogen) atoms. The van der Waals surface area contributed by atoms with Crippen molar-refractivity contribution in [3.05, 3.63) is 0 Å². The van der Waals surface area contributed by atoms with E-state index in [-0.39, 0.29) is 0 Å². The first-order chi connectivity index (χ1) is 15.2. The van der Waals surface area contributed by atoms with Gasteiger partial charge in [0.1, 0.15) is 0 Å². The lowest BCUT2D eigenvalue weighted by Crippen LogP contribution is -2.62. The zero-order chi connectivity index (χ0) is 21.5. The Morgan fingerprint density at radius 2 is 1.10 bits per heavy atom. The van der Waals surface area contributed by atoms with Crippen LogP contribution in [0.2, 0.25) is 0 Å². The van der Waals surface area contributed by atoms with Crippen molar-refractivity contribution < 1.29 is 4.84 Å². The summed E-state index contributed by atoms with van der Waals surface area (Å²) in [7, 11) is 2.29. The topological polar surface area (TPSA) is 12.5 Å². The molecule has 0 aromatic rings. The molecule has 0 radical (unpaired) electrons. The van der Waals surface area contributed by atoms with Gasteiger partial charge in [-0.05, 0) is 68.6 Å². The molecule has 4 bridgehead atoms. The van der Waals surface area contributed by atoms with Gasteiger partial charge in [-0.15, -0.1) is 0 Å². The van der Waals surface area contributed by atoms with E-state index in [4.69, 9.17) is 4.84 Å². The third-order valence-electron chi connectivity index (χ3n) is 9.88. The standard InChI is InChI=1S/C29H53NO/c1-3-4-5-6-7-8-9-10-11-12-13-14-15-16-17-28-23-29(30(2)31-28)26-19-24-18-25(21-26)22-27(29)20-24/h24-28H,3-23H2,1-2H3. The number of hydrogen-bond acceptors (Lipinski definition) is 2. The zero-order valence-electron chi connectivity index (χ0n) is 21.1. The molecule has 1 saturated heterocycles. The molecule has 5 fully saturated rings. The second-order valence-electron chi connectivity index (χ2n) is 12.1. The third-order valence-corrected chi connectivity index (χ3v) is 9.88. The Kier molecular flexibility index (Phi) is 9.21. The molecule has 180 valence electrons. The highest BCUT2D eigenvalue weighted by atomic mass is 16.7. The van der Waals surface area contributed by atoms with Crippen LogP contribution in [0.3, 0.4) is 0 Å². The first-order valence-electron chi connectivity index (χ1n) is 14.6. The predicted octanol–water partition coefficient (Wildman–Crippen LogP) is 8.69. The Morgan fingerprint density at radius 3 is 1.58 bits per heavy atom.